The van der Waals surface area contributed by atoms with Crippen molar-refractivity contribution in [3.8, 4) is 0 Å². The van der Waals surface area contributed by atoms with Crippen LogP contribution in [0.2, 0.25) is 5.15 Å². The molecule has 0 spiro atoms. The maximum absolute atomic E-state index is 10.7. The van der Waals surface area contributed by atoms with E-state index in [1.54, 1.807) is 0 Å². The van der Waals surface area contributed by atoms with Crippen molar-refractivity contribution >= 4 is 23.5 Å². The quantitative estimate of drug-likeness (QED) is 0.674. The molecule has 1 rings (SSSR count). The monoisotopic (exact) mass is 187 g/mol. The molecule has 0 bridgehead atoms. The van der Waals surface area contributed by atoms with E-state index < -0.39 is 6.09 Å². The molecule has 1 aromatic rings. The van der Waals surface area contributed by atoms with Gasteiger partial charge in [0, 0.05) is 6.07 Å². The average molecular weight is 188 g/mol. The number of rotatable bonds is 1. The Kier molecular flexibility index (Phi) is 2.82. The van der Waals surface area contributed by atoms with E-state index in [9.17, 15) is 4.79 Å². The predicted molar refractivity (Wildman–Crippen MR) is 43.1 cm³/mol. The fourth-order valence-electron chi connectivity index (χ4n) is 0.558. The van der Waals surface area contributed by atoms with Gasteiger partial charge in [0.2, 0.25) is 0 Å². The fourth-order valence-corrected chi connectivity index (χ4v) is 0.705. The highest BCUT2D eigenvalue weighted by molar-refractivity contribution is 6.29. The van der Waals surface area contributed by atoms with Crippen LogP contribution in [-0.4, -0.2) is 23.2 Å². The molecule has 0 radical (unpaired) electrons. The van der Waals surface area contributed by atoms with Crippen LogP contribution >= 0.6 is 11.6 Å². The Hall–Kier alpha value is -1.36. The van der Waals surface area contributed by atoms with Gasteiger partial charge < -0.3 is 4.74 Å². The van der Waals surface area contributed by atoms with Gasteiger partial charge in [0.05, 0.1) is 7.11 Å². The van der Waals surface area contributed by atoms with Gasteiger partial charge in [-0.15, -0.1) is 0 Å². The van der Waals surface area contributed by atoms with Gasteiger partial charge in [0.1, 0.15) is 17.3 Å². The standard InChI is InChI=1S/C6H6ClN3O2/c1-12-6(11)10-5-2-4(7)8-3-9-5/h2-3H,1H3,(H,8,9,10,11). The Balaban J connectivity index is 2.69. The second kappa shape index (κ2) is 3.87. The van der Waals surface area contributed by atoms with E-state index in [4.69, 9.17) is 11.6 Å². The molecule has 0 aliphatic rings. The minimum atomic E-state index is -0.593. The molecule has 6 heteroatoms. The normalized spacial score (nSPS) is 9.17. The summed E-state index contributed by atoms with van der Waals surface area (Å²) in [4.78, 5) is 18.0. The highest BCUT2D eigenvalue weighted by Crippen LogP contribution is 2.08. The van der Waals surface area contributed by atoms with Crippen molar-refractivity contribution in [2.75, 3.05) is 12.4 Å². The molecule has 1 aromatic heterocycles. The van der Waals surface area contributed by atoms with Crippen LogP contribution in [0.3, 0.4) is 0 Å². The number of ether oxygens (including phenoxy) is 1. The van der Waals surface area contributed by atoms with Crippen LogP contribution in [0, 0.1) is 0 Å². The van der Waals surface area contributed by atoms with Crippen molar-refractivity contribution in [3.63, 3.8) is 0 Å². The highest BCUT2D eigenvalue weighted by Gasteiger charge is 2.01. The van der Waals surface area contributed by atoms with Gasteiger partial charge in [0.15, 0.2) is 0 Å². The Bertz CT molecular complexity index is 292. The lowest BCUT2D eigenvalue weighted by Crippen LogP contribution is -2.11. The van der Waals surface area contributed by atoms with E-state index in [1.807, 2.05) is 0 Å². The molecule has 1 amide bonds. The lowest BCUT2D eigenvalue weighted by Gasteiger charge is -2.00. The zero-order chi connectivity index (χ0) is 8.97. The van der Waals surface area contributed by atoms with E-state index in [0.29, 0.717) is 5.82 Å². The number of carbonyl (C=O) groups is 1. The van der Waals surface area contributed by atoms with Gasteiger partial charge in [-0.3, -0.25) is 5.32 Å². The summed E-state index contributed by atoms with van der Waals surface area (Å²) in [7, 11) is 1.26. The summed E-state index contributed by atoms with van der Waals surface area (Å²) in [6.07, 6.45) is 0.651. The molecule has 1 N–H and O–H groups in total. The Morgan fingerprint density at radius 1 is 1.67 bits per heavy atom. The number of hydrogen-bond acceptors (Lipinski definition) is 4. The van der Waals surface area contributed by atoms with E-state index in [1.165, 1.54) is 19.5 Å². The van der Waals surface area contributed by atoms with E-state index in [2.05, 4.69) is 20.0 Å². The number of nitrogens with zero attached hydrogens (tertiary/aromatic N) is 2. The third-order valence-corrected chi connectivity index (χ3v) is 1.26. The van der Waals surface area contributed by atoms with Crippen molar-refractivity contribution in [2.24, 2.45) is 0 Å². The molecule has 0 aliphatic heterocycles. The molecule has 0 saturated carbocycles. The third-order valence-electron chi connectivity index (χ3n) is 1.05. The van der Waals surface area contributed by atoms with Crippen molar-refractivity contribution in [2.45, 2.75) is 0 Å². The first-order chi connectivity index (χ1) is 5.72. The summed E-state index contributed by atoms with van der Waals surface area (Å²) >= 11 is 5.53. The van der Waals surface area contributed by atoms with Crippen molar-refractivity contribution in [3.05, 3.63) is 17.5 Å². The summed E-state index contributed by atoms with van der Waals surface area (Å²) in [6, 6.07) is 1.42. The first kappa shape index (κ1) is 8.73. The number of amides is 1. The maximum Gasteiger partial charge on any atom is 0.412 e. The smallest absolute Gasteiger partial charge is 0.412 e. The van der Waals surface area contributed by atoms with Crippen LogP contribution in [0.4, 0.5) is 10.6 Å². The summed E-state index contributed by atoms with van der Waals surface area (Å²) in [5.74, 6) is 0.307. The first-order valence-corrected chi connectivity index (χ1v) is 3.42. The van der Waals surface area contributed by atoms with Crippen molar-refractivity contribution < 1.29 is 9.53 Å². The SMILES string of the molecule is COC(=O)Nc1cc(Cl)ncn1. The number of carbonyl (C=O) groups excluding carboxylic acids is 1. The number of anilines is 1. The van der Waals surface area contributed by atoms with Crippen LogP contribution in [0.1, 0.15) is 0 Å². The topological polar surface area (TPSA) is 64.1 Å². The van der Waals surface area contributed by atoms with Crippen LogP contribution in [0.15, 0.2) is 12.4 Å². The predicted octanol–water partition coefficient (Wildman–Crippen LogP) is 1.31. The molecule has 5 nitrogen and oxygen atoms in total. The molecule has 12 heavy (non-hydrogen) atoms. The Morgan fingerprint density at radius 2 is 2.42 bits per heavy atom. The van der Waals surface area contributed by atoms with Crippen molar-refractivity contribution in [1.29, 1.82) is 0 Å². The largest absolute Gasteiger partial charge is 0.453 e. The molecule has 0 aliphatic carbocycles. The summed E-state index contributed by atoms with van der Waals surface area (Å²) in [5, 5.41) is 2.60. The molecular formula is C6H6ClN3O2. The minimum absolute atomic E-state index is 0.261. The second-order valence-corrected chi connectivity index (χ2v) is 2.23. The van der Waals surface area contributed by atoms with E-state index >= 15 is 0 Å². The number of nitrogens with one attached hydrogen (secondary N) is 1. The van der Waals surface area contributed by atoms with Crippen LogP contribution in [-0.2, 0) is 4.74 Å². The molecule has 0 aromatic carbocycles. The average Bonchev–Trinajstić information content (AvgIpc) is 2.04. The minimum Gasteiger partial charge on any atom is -0.453 e. The van der Waals surface area contributed by atoms with Crippen LogP contribution < -0.4 is 5.32 Å². The Labute approximate surface area is 73.7 Å². The van der Waals surface area contributed by atoms with Gasteiger partial charge in [-0.2, -0.15) is 0 Å². The molecule has 0 fully saturated rings. The van der Waals surface area contributed by atoms with Crippen molar-refractivity contribution in [1.82, 2.24) is 9.97 Å². The Morgan fingerprint density at radius 3 is 3.00 bits per heavy atom. The van der Waals surface area contributed by atoms with Gasteiger partial charge >= 0.3 is 6.09 Å². The van der Waals surface area contributed by atoms with Crippen LogP contribution in [0.25, 0.3) is 0 Å². The summed E-state index contributed by atoms with van der Waals surface area (Å²) < 4.78 is 4.34. The van der Waals surface area contributed by atoms with E-state index in [0.717, 1.165) is 0 Å². The third kappa shape index (κ3) is 2.35. The molecule has 0 atom stereocenters. The van der Waals surface area contributed by atoms with Gasteiger partial charge in [-0.1, -0.05) is 11.6 Å². The van der Waals surface area contributed by atoms with Gasteiger partial charge in [0.25, 0.3) is 0 Å². The molecular weight excluding hydrogens is 182 g/mol. The molecule has 1 heterocycles. The molecule has 0 unspecified atom stereocenters. The van der Waals surface area contributed by atoms with Gasteiger partial charge in [-0.25, -0.2) is 14.8 Å². The zero-order valence-electron chi connectivity index (χ0n) is 6.24. The second-order valence-electron chi connectivity index (χ2n) is 1.84. The summed E-state index contributed by atoms with van der Waals surface area (Å²) in [6.45, 7) is 0. The first-order valence-electron chi connectivity index (χ1n) is 3.05. The number of halogens is 1. The molecule has 0 saturated heterocycles. The zero-order valence-corrected chi connectivity index (χ0v) is 7.00. The summed E-state index contributed by atoms with van der Waals surface area (Å²) in [5.41, 5.74) is 0. The number of aromatic nitrogens is 2. The maximum atomic E-state index is 10.7. The lowest BCUT2D eigenvalue weighted by atomic mass is 10.6. The lowest BCUT2D eigenvalue weighted by molar-refractivity contribution is 0.187. The van der Waals surface area contributed by atoms with Gasteiger partial charge in [-0.05, 0) is 0 Å². The number of hydrogen-bond donors (Lipinski definition) is 1. The fraction of sp³-hybridized carbons (Fsp3) is 0.167. The van der Waals surface area contributed by atoms with Crippen LogP contribution in [0.5, 0.6) is 0 Å². The molecule has 64 valence electrons. The number of methoxy groups -OCH3 is 1. The van der Waals surface area contributed by atoms with E-state index in [-0.39, 0.29) is 5.15 Å². The highest BCUT2D eigenvalue weighted by atomic mass is 35.5.